The number of aryl methyl sites for hydroxylation is 2. The summed E-state index contributed by atoms with van der Waals surface area (Å²) in [5.74, 6) is 0. The van der Waals surface area contributed by atoms with Crippen molar-refractivity contribution in [1.29, 1.82) is 0 Å². The minimum absolute atomic E-state index is 0.143. The largest absolute Gasteiger partial charge is 0.325 e. The quantitative estimate of drug-likeness (QED) is 0.786. The van der Waals surface area contributed by atoms with Crippen LogP contribution < -0.4 is 4.90 Å². The van der Waals surface area contributed by atoms with Crippen LogP contribution >= 0.6 is 0 Å². The van der Waals surface area contributed by atoms with Crippen LogP contribution in [0.25, 0.3) is 0 Å². The van der Waals surface area contributed by atoms with E-state index in [-0.39, 0.29) is 6.03 Å². The summed E-state index contributed by atoms with van der Waals surface area (Å²) in [6.07, 6.45) is 2.14. The average Bonchev–Trinajstić information content (AvgIpc) is 2.39. The van der Waals surface area contributed by atoms with Crippen molar-refractivity contribution >= 4 is 11.7 Å². The molecule has 98 valence electrons. The number of rotatable bonds is 2. The number of nitrogens with zero attached hydrogens (tertiary/aromatic N) is 2. The van der Waals surface area contributed by atoms with Crippen LogP contribution in [0.15, 0.2) is 18.2 Å². The Kier molecular flexibility index (Phi) is 3.90. The van der Waals surface area contributed by atoms with Gasteiger partial charge in [0.1, 0.15) is 0 Å². The topological polar surface area (TPSA) is 23.6 Å². The van der Waals surface area contributed by atoms with E-state index >= 15 is 0 Å². The van der Waals surface area contributed by atoms with E-state index < -0.39 is 0 Å². The molecule has 1 heterocycles. The molecule has 0 saturated heterocycles. The summed E-state index contributed by atoms with van der Waals surface area (Å²) in [5.41, 5.74) is 3.68. The second kappa shape index (κ2) is 5.42. The highest BCUT2D eigenvalue weighted by molar-refractivity contribution is 5.93. The number of carbonyl (C=O) groups is 1. The summed E-state index contributed by atoms with van der Waals surface area (Å²) < 4.78 is 0. The van der Waals surface area contributed by atoms with Gasteiger partial charge in [-0.25, -0.2) is 4.79 Å². The third-order valence-corrected chi connectivity index (χ3v) is 3.62. The zero-order valence-electron chi connectivity index (χ0n) is 11.6. The van der Waals surface area contributed by atoms with Crippen molar-refractivity contribution in [2.45, 2.75) is 33.6 Å². The third-order valence-electron chi connectivity index (χ3n) is 3.62. The second-order valence-corrected chi connectivity index (χ2v) is 4.84. The Morgan fingerprint density at radius 1 is 1.33 bits per heavy atom. The van der Waals surface area contributed by atoms with E-state index in [1.807, 2.05) is 23.6 Å². The zero-order chi connectivity index (χ0) is 13.1. The predicted octanol–water partition coefficient (Wildman–Crippen LogP) is 3.21. The van der Waals surface area contributed by atoms with E-state index in [0.717, 1.165) is 38.2 Å². The molecule has 3 nitrogen and oxygen atoms in total. The molecule has 0 atom stereocenters. The number of anilines is 1. The first kappa shape index (κ1) is 12.9. The Morgan fingerprint density at radius 2 is 2.06 bits per heavy atom. The molecule has 0 spiro atoms. The van der Waals surface area contributed by atoms with Crippen LogP contribution in [-0.2, 0) is 6.42 Å². The van der Waals surface area contributed by atoms with E-state index in [2.05, 4.69) is 25.1 Å². The lowest BCUT2D eigenvalue weighted by molar-refractivity contribution is 0.209. The summed E-state index contributed by atoms with van der Waals surface area (Å²) in [5, 5.41) is 0. The Bertz CT molecular complexity index is 438. The fraction of sp³-hybridized carbons (Fsp3) is 0.533. The van der Waals surface area contributed by atoms with Crippen LogP contribution in [0, 0.1) is 6.92 Å². The molecule has 0 radical (unpaired) electrons. The highest BCUT2D eigenvalue weighted by Gasteiger charge is 2.25. The maximum Gasteiger partial charge on any atom is 0.324 e. The van der Waals surface area contributed by atoms with Crippen molar-refractivity contribution < 1.29 is 4.79 Å². The van der Waals surface area contributed by atoms with Crippen LogP contribution in [0.3, 0.4) is 0 Å². The van der Waals surface area contributed by atoms with Gasteiger partial charge in [-0.1, -0.05) is 17.7 Å². The molecule has 1 aromatic carbocycles. The van der Waals surface area contributed by atoms with Crippen molar-refractivity contribution in [1.82, 2.24) is 4.90 Å². The fourth-order valence-electron chi connectivity index (χ4n) is 2.59. The maximum absolute atomic E-state index is 12.5. The second-order valence-electron chi connectivity index (χ2n) is 4.84. The highest BCUT2D eigenvalue weighted by Crippen LogP contribution is 2.28. The first-order valence-electron chi connectivity index (χ1n) is 6.83. The molecule has 18 heavy (non-hydrogen) atoms. The SMILES string of the molecule is CCN(CC)C(=O)N1CCCc2cc(C)ccc21. The van der Waals surface area contributed by atoms with Crippen molar-refractivity contribution in [3.8, 4) is 0 Å². The Hall–Kier alpha value is -1.51. The lowest BCUT2D eigenvalue weighted by Gasteiger charge is -2.33. The van der Waals surface area contributed by atoms with E-state index in [9.17, 15) is 4.79 Å². The van der Waals surface area contributed by atoms with E-state index in [1.54, 1.807) is 0 Å². The summed E-state index contributed by atoms with van der Waals surface area (Å²) in [6.45, 7) is 8.54. The van der Waals surface area contributed by atoms with Gasteiger partial charge in [-0.2, -0.15) is 0 Å². The van der Waals surface area contributed by atoms with Gasteiger partial charge in [0.25, 0.3) is 0 Å². The molecule has 0 aromatic heterocycles. The first-order valence-corrected chi connectivity index (χ1v) is 6.83. The third kappa shape index (κ3) is 2.35. The van der Waals surface area contributed by atoms with Crippen LogP contribution in [0.2, 0.25) is 0 Å². The Labute approximate surface area is 109 Å². The van der Waals surface area contributed by atoms with Crippen molar-refractivity contribution in [2.75, 3.05) is 24.5 Å². The van der Waals surface area contributed by atoms with Crippen molar-refractivity contribution in [3.05, 3.63) is 29.3 Å². The fourth-order valence-corrected chi connectivity index (χ4v) is 2.59. The molecular weight excluding hydrogens is 224 g/mol. The number of hydrogen-bond acceptors (Lipinski definition) is 1. The molecule has 2 rings (SSSR count). The highest BCUT2D eigenvalue weighted by atomic mass is 16.2. The van der Waals surface area contributed by atoms with E-state index in [1.165, 1.54) is 11.1 Å². The Morgan fingerprint density at radius 3 is 2.72 bits per heavy atom. The monoisotopic (exact) mass is 246 g/mol. The van der Waals surface area contributed by atoms with Crippen LogP contribution in [-0.4, -0.2) is 30.6 Å². The van der Waals surface area contributed by atoms with Gasteiger partial charge < -0.3 is 4.90 Å². The van der Waals surface area contributed by atoms with Gasteiger partial charge in [0.15, 0.2) is 0 Å². The van der Waals surface area contributed by atoms with Gasteiger partial charge >= 0.3 is 6.03 Å². The number of fused-ring (bicyclic) bond motifs is 1. The van der Waals surface area contributed by atoms with Gasteiger partial charge in [0.2, 0.25) is 0 Å². The van der Waals surface area contributed by atoms with Gasteiger partial charge in [-0.05, 0) is 45.2 Å². The van der Waals surface area contributed by atoms with Crippen LogP contribution in [0.1, 0.15) is 31.4 Å². The zero-order valence-corrected chi connectivity index (χ0v) is 11.6. The molecule has 1 aliphatic rings. The van der Waals surface area contributed by atoms with Crippen LogP contribution in [0.5, 0.6) is 0 Å². The lowest BCUT2D eigenvalue weighted by Crippen LogP contribution is -2.45. The molecule has 0 N–H and O–H groups in total. The summed E-state index contributed by atoms with van der Waals surface area (Å²) in [6, 6.07) is 6.53. The van der Waals surface area contributed by atoms with E-state index in [4.69, 9.17) is 0 Å². The molecule has 0 aliphatic carbocycles. The minimum atomic E-state index is 0.143. The molecule has 1 aromatic rings. The van der Waals surface area contributed by atoms with Gasteiger partial charge in [-0.3, -0.25) is 4.90 Å². The molecular formula is C15H22N2O. The average molecular weight is 246 g/mol. The lowest BCUT2D eigenvalue weighted by atomic mass is 10.00. The van der Waals surface area contributed by atoms with Gasteiger partial charge in [-0.15, -0.1) is 0 Å². The van der Waals surface area contributed by atoms with E-state index in [0.29, 0.717) is 0 Å². The summed E-state index contributed by atoms with van der Waals surface area (Å²) in [4.78, 5) is 16.3. The smallest absolute Gasteiger partial charge is 0.324 e. The summed E-state index contributed by atoms with van der Waals surface area (Å²) >= 11 is 0. The molecule has 1 aliphatic heterocycles. The number of hydrogen-bond donors (Lipinski definition) is 0. The number of amides is 2. The predicted molar refractivity (Wildman–Crippen MR) is 75.2 cm³/mol. The van der Waals surface area contributed by atoms with Gasteiger partial charge in [0.05, 0.1) is 0 Å². The molecule has 0 bridgehead atoms. The number of carbonyl (C=O) groups excluding carboxylic acids is 1. The normalized spacial score (nSPS) is 14.3. The molecule has 0 unspecified atom stereocenters. The first-order chi connectivity index (χ1) is 8.67. The van der Waals surface area contributed by atoms with Crippen molar-refractivity contribution in [2.24, 2.45) is 0 Å². The van der Waals surface area contributed by atoms with Crippen LogP contribution in [0.4, 0.5) is 10.5 Å². The molecule has 2 amide bonds. The molecule has 3 heteroatoms. The van der Waals surface area contributed by atoms with Gasteiger partial charge in [0, 0.05) is 25.3 Å². The minimum Gasteiger partial charge on any atom is -0.325 e. The van der Waals surface area contributed by atoms with Crippen molar-refractivity contribution in [3.63, 3.8) is 0 Å². The maximum atomic E-state index is 12.5. The number of urea groups is 1. The molecule has 0 saturated carbocycles. The standard InChI is InChI=1S/C15H22N2O/c1-4-16(5-2)15(18)17-10-6-7-13-11-12(3)8-9-14(13)17/h8-9,11H,4-7,10H2,1-3H3. The Balaban J connectivity index is 2.30. The summed E-state index contributed by atoms with van der Waals surface area (Å²) in [7, 11) is 0. The number of benzene rings is 1. The molecule has 0 fully saturated rings.